The highest BCUT2D eigenvalue weighted by Gasteiger charge is 2.38. The van der Waals surface area contributed by atoms with Crippen LogP contribution in [0, 0.1) is 0 Å². The van der Waals surface area contributed by atoms with Gasteiger partial charge in [-0.05, 0) is 23.8 Å². The molecule has 1 aromatic heterocycles. The summed E-state index contributed by atoms with van der Waals surface area (Å²) in [4.78, 5) is 15.5. The third-order valence-corrected chi connectivity index (χ3v) is 2.91. The van der Waals surface area contributed by atoms with Crippen LogP contribution in [0.3, 0.4) is 0 Å². The highest BCUT2D eigenvalue weighted by atomic mass is 35.5. The molecular weight excluding hydrogens is 252 g/mol. The van der Waals surface area contributed by atoms with Crippen LogP contribution in [0.25, 0.3) is 0 Å². The molecule has 1 heterocycles. The topological polar surface area (TPSA) is 76.2 Å². The number of aliphatic hydroxyl groups is 1. The van der Waals surface area contributed by atoms with E-state index >= 15 is 0 Å². The number of benzene rings is 1. The molecule has 0 fully saturated rings. The number of rotatable bonds is 3. The molecule has 1 unspecified atom stereocenters. The second kappa shape index (κ2) is 4.76. The lowest BCUT2D eigenvalue weighted by molar-refractivity contribution is -0.133. The zero-order valence-corrected chi connectivity index (χ0v) is 10.1. The summed E-state index contributed by atoms with van der Waals surface area (Å²) in [5.41, 5.74) is 4.01. The molecule has 92 valence electrons. The van der Waals surface area contributed by atoms with Gasteiger partial charge in [0.25, 0.3) is 5.91 Å². The Labute approximate surface area is 109 Å². The summed E-state index contributed by atoms with van der Waals surface area (Å²) >= 11 is 5.86. The van der Waals surface area contributed by atoms with Crippen molar-refractivity contribution in [3.63, 3.8) is 0 Å². The van der Waals surface area contributed by atoms with Crippen molar-refractivity contribution in [1.29, 1.82) is 0 Å². The zero-order chi connectivity index (χ0) is 13.2. The molecule has 2 rings (SSSR count). The van der Waals surface area contributed by atoms with Crippen molar-refractivity contribution >= 4 is 17.5 Å². The third kappa shape index (κ3) is 2.08. The first-order valence-corrected chi connectivity index (χ1v) is 5.62. The van der Waals surface area contributed by atoms with Gasteiger partial charge in [0, 0.05) is 23.0 Å². The van der Waals surface area contributed by atoms with Crippen LogP contribution in [0.1, 0.15) is 11.1 Å². The van der Waals surface area contributed by atoms with Crippen LogP contribution in [0.15, 0.2) is 48.8 Å². The maximum atomic E-state index is 11.6. The van der Waals surface area contributed by atoms with Crippen molar-refractivity contribution in [2.45, 2.75) is 5.60 Å². The number of carbonyl (C=O) groups is 1. The number of primary amides is 1. The van der Waals surface area contributed by atoms with Crippen LogP contribution in [0.4, 0.5) is 0 Å². The van der Waals surface area contributed by atoms with Gasteiger partial charge in [-0.3, -0.25) is 9.78 Å². The van der Waals surface area contributed by atoms with Crippen LogP contribution in [-0.2, 0) is 10.4 Å². The summed E-state index contributed by atoms with van der Waals surface area (Å²) in [7, 11) is 0. The standard InChI is InChI=1S/C13H11ClN2O2/c14-11-5-1-3-9(7-11)13(18,12(15)17)10-4-2-6-16-8-10/h1-8,18H,(H2,15,17). The molecule has 2 aromatic rings. The van der Waals surface area contributed by atoms with E-state index in [1.165, 1.54) is 12.3 Å². The minimum atomic E-state index is -1.93. The maximum absolute atomic E-state index is 11.6. The van der Waals surface area contributed by atoms with Crippen molar-refractivity contribution < 1.29 is 9.90 Å². The Kier molecular flexibility index (Phi) is 3.32. The maximum Gasteiger partial charge on any atom is 0.258 e. The lowest BCUT2D eigenvalue weighted by Gasteiger charge is -2.25. The van der Waals surface area contributed by atoms with Gasteiger partial charge in [0.15, 0.2) is 5.60 Å². The van der Waals surface area contributed by atoms with E-state index in [-0.39, 0.29) is 0 Å². The number of nitrogens with two attached hydrogens (primary N) is 1. The van der Waals surface area contributed by atoms with Crippen LogP contribution in [0.5, 0.6) is 0 Å². The molecule has 0 saturated heterocycles. The minimum Gasteiger partial charge on any atom is -0.372 e. The van der Waals surface area contributed by atoms with E-state index in [0.29, 0.717) is 16.1 Å². The number of hydrogen-bond donors (Lipinski definition) is 2. The molecule has 4 nitrogen and oxygen atoms in total. The fourth-order valence-corrected chi connectivity index (χ4v) is 1.93. The molecule has 1 amide bonds. The minimum absolute atomic E-state index is 0.305. The molecule has 0 radical (unpaired) electrons. The summed E-state index contributed by atoms with van der Waals surface area (Å²) in [6, 6.07) is 9.58. The second-order valence-corrected chi connectivity index (χ2v) is 4.26. The number of carbonyl (C=O) groups excluding carboxylic acids is 1. The normalized spacial score (nSPS) is 13.9. The molecular formula is C13H11ClN2O2. The van der Waals surface area contributed by atoms with Crippen molar-refractivity contribution in [3.05, 3.63) is 64.9 Å². The molecule has 3 N–H and O–H groups in total. The van der Waals surface area contributed by atoms with Gasteiger partial charge in [-0.15, -0.1) is 0 Å². The van der Waals surface area contributed by atoms with Gasteiger partial charge in [-0.25, -0.2) is 0 Å². The van der Waals surface area contributed by atoms with E-state index in [4.69, 9.17) is 17.3 Å². The highest BCUT2D eigenvalue weighted by molar-refractivity contribution is 6.30. The van der Waals surface area contributed by atoms with Crippen molar-refractivity contribution in [2.75, 3.05) is 0 Å². The zero-order valence-electron chi connectivity index (χ0n) is 9.38. The lowest BCUT2D eigenvalue weighted by Crippen LogP contribution is -2.42. The molecule has 0 saturated carbocycles. The predicted molar refractivity (Wildman–Crippen MR) is 67.9 cm³/mol. The SMILES string of the molecule is NC(=O)C(O)(c1cccnc1)c1cccc(Cl)c1. The summed E-state index contributed by atoms with van der Waals surface area (Å²) in [6.07, 6.45) is 2.94. The summed E-state index contributed by atoms with van der Waals surface area (Å²) in [6.45, 7) is 0. The Balaban J connectivity index is 2.62. The number of amides is 1. The van der Waals surface area contributed by atoms with Crippen molar-refractivity contribution in [2.24, 2.45) is 5.73 Å². The average molecular weight is 263 g/mol. The fraction of sp³-hybridized carbons (Fsp3) is 0.0769. The second-order valence-electron chi connectivity index (χ2n) is 3.83. The smallest absolute Gasteiger partial charge is 0.258 e. The van der Waals surface area contributed by atoms with Gasteiger partial charge < -0.3 is 10.8 Å². The predicted octanol–water partition coefficient (Wildman–Crippen LogP) is 1.46. The van der Waals surface area contributed by atoms with Gasteiger partial charge in [-0.1, -0.05) is 29.8 Å². The van der Waals surface area contributed by atoms with Gasteiger partial charge in [0.2, 0.25) is 0 Å². The van der Waals surface area contributed by atoms with E-state index in [1.54, 1.807) is 36.5 Å². The number of pyridine rings is 1. The fourth-order valence-electron chi connectivity index (χ4n) is 1.74. The van der Waals surface area contributed by atoms with E-state index in [1.807, 2.05) is 0 Å². The van der Waals surface area contributed by atoms with Crippen molar-refractivity contribution in [1.82, 2.24) is 4.98 Å². The Morgan fingerprint density at radius 3 is 2.56 bits per heavy atom. The summed E-state index contributed by atoms with van der Waals surface area (Å²) in [5, 5.41) is 11.0. The van der Waals surface area contributed by atoms with Gasteiger partial charge >= 0.3 is 0 Å². The highest BCUT2D eigenvalue weighted by Crippen LogP contribution is 2.30. The molecule has 0 aliphatic rings. The van der Waals surface area contributed by atoms with Crippen LogP contribution >= 0.6 is 11.6 Å². The van der Waals surface area contributed by atoms with Crippen LogP contribution < -0.4 is 5.73 Å². The summed E-state index contributed by atoms with van der Waals surface area (Å²) < 4.78 is 0. The number of aromatic nitrogens is 1. The van der Waals surface area contributed by atoms with Gasteiger partial charge in [0.05, 0.1) is 0 Å². The van der Waals surface area contributed by atoms with Gasteiger partial charge in [0.1, 0.15) is 0 Å². The first-order chi connectivity index (χ1) is 8.55. The Bertz CT molecular complexity index is 574. The van der Waals surface area contributed by atoms with Crippen LogP contribution in [-0.4, -0.2) is 16.0 Å². The quantitative estimate of drug-likeness (QED) is 0.879. The Morgan fingerprint density at radius 1 is 1.28 bits per heavy atom. The first-order valence-electron chi connectivity index (χ1n) is 5.24. The molecule has 0 aliphatic heterocycles. The lowest BCUT2D eigenvalue weighted by atomic mass is 9.87. The number of hydrogen-bond acceptors (Lipinski definition) is 3. The number of nitrogens with zero attached hydrogens (tertiary/aromatic N) is 1. The Hall–Kier alpha value is -1.91. The van der Waals surface area contributed by atoms with E-state index in [2.05, 4.69) is 4.98 Å². The molecule has 1 atom stereocenters. The molecule has 0 bridgehead atoms. The number of halogens is 1. The monoisotopic (exact) mass is 262 g/mol. The molecule has 0 aliphatic carbocycles. The first kappa shape index (κ1) is 12.5. The molecule has 5 heteroatoms. The van der Waals surface area contributed by atoms with Crippen molar-refractivity contribution in [3.8, 4) is 0 Å². The van der Waals surface area contributed by atoms with E-state index < -0.39 is 11.5 Å². The Morgan fingerprint density at radius 2 is 2.00 bits per heavy atom. The average Bonchev–Trinajstić information content (AvgIpc) is 2.38. The van der Waals surface area contributed by atoms with E-state index in [9.17, 15) is 9.90 Å². The van der Waals surface area contributed by atoms with Gasteiger partial charge in [-0.2, -0.15) is 0 Å². The summed E-state index contributed by atoms with van der Waals surface area (Å²) in [5.74, 6) is -0.877. The van der Waals surface area contributed by atoms with Crippen LogP contribution in [0.2, 0.25) is 5.02 Å². The molecule has 18 heavy (non-hydrogen) atoms. The van der Waals surface area contributed by atoms with E-state index in [0.717, 1.165) is 0 Å². The molecule has 1 aromatic carbocycles. The largest absolute Gasteiger partial charge is 0.372 e. The third-order valence-electron chi connectivity index (χ3n) is 2.68. The molecule has 0 spiro atoms.